The molecule has 0 aromatic carbocycles. The summed E-state index contributed by atoms with van der Waals surface area (Å²) < 4.78 is 0. The number of nitrogens with one attached hydrogen (secondary N) is 1. The highest BCUT2D eigenvalue weighted by Gasteiger charge is 2.17. The van der Waals surface area contributed by atoms with Crippen LogP contribution in [0.3, 0.4) is 0 Å². The van der Waals surface area contributed by atoms with E-state index in [1.54, 1.807) is 0 Å². The van der Waals surface area contributed by atoms with Gasteiger partial charge in [-0.05, 0) is 32.9 Å². The molecular formula is C8H18N2O. The summed E-state index contributed by atoms with van der Waals surface area (Å²) in [5.74, 6) is 0. The van der Waals surface area contributed by atoms with Crippen LogP contribution in [0, 0.1) is 0 Å². The van der Waals surface area contributed by atoms with Crippen LogP contribution >= 0.6 is 0 Å². The minimum atomic E-state index is 0.684. The Bertz CT molecular complexity index is 108. The van der Waals surface area contributed by atoms with Gasteiger partial charge in [0.25, 0.3) is 0 Å². The van der Waals surface area contributed by atoms with E-state index in [0.29, 0.717) is 6.04 Å². The molecule has 0 aliphatic carbocycles. The highest BCUT2D eigenvalue weighted by Crippen LogP contribution is 2.16. The molecule has 1 saturated heterocycles. The van der Waals surface area contributed by atoms with Gasteiger partial charge in [0.15, 0.2) is 0 Å². The van der Waals surface area contributed by atoms with E-state index in [1.165, 1.54) is 25.8 Å². The van der Waals surface area contributed by atoms with Crippen molar-refractivity contribution in [3.05, 3.63) is 0 Å². The second-order valence-corrected chi connectivity index (χ2v) is 3.33. The van der Waals surface area contributed by atoms with Crippen molar-refractivity contribution in [1.29, 1.82) is 0 Å². The standard InChI is InChI=1S/C8H18N2O/c1-10-7-3-2-4-8(10)5-6-9-11/h8-9,11H,2-7H2,1H3. The lowest BCUT2D eigenvalue weighted by molar-refractivity contribution is 0.130. The summed E-state index contributed by atoms with van der Waals surface area (Å²) in [6.07, 6.45) is 5.03. The van der Waals surface area contributed by atoms with Crippen molar-refractivity contribution < 1.29 is 5.21 Å². The normalized spacial score (nSPS) is 27.3. The summed E-state index contributed by atoms with van der Waals surface area (Å²) in [4.78, 5) is 2.39. The Morgan fingerprint density at radius 1 is 1.55 bits per heavy atom. The quantitative estimate of drug-likeness (QED) is 0.597. The molecule has 0 radical (unpaired) electrons. The molecule has 1 fully saturated rings. The largest absolute Gasteiger partial charge is 0.317 e. The van der Waals surface area contributed by atoms with Gasteiger partial charge in [-0.25, -0.2) is 5.48 Å². The van der Waals surface area contributed by atoms with E-state index in [1.807, 2.05) is 0 Å². The minimum absolute atomic E-state index is 0.684. The molecule has 1 aliphatic heterocycles. The van der Waals surface area contributed by atoms with Gasteiger partial charge in [0.1, 0.15) is 0 Å². The number of hydrogen-bond acceptors (Lipinski definition) is 3. The molecule has 1 aliphatic rings. The van der Waals surface area contributed by atoms with Crippen LogP contribution in [0.25, 0.3) is 0 Å². The SMILES string of the molecule is CN1CCCCC1CCNO. The van der Waals surface area contributed by atoms with Gasteiger partial charge in [-0.3, -0.25) is 0 Å². The minimum Gasteiger partial charge on any atom is -0.317 e. The lowest BCUT2D eigenvalue weighted by Crippen LogP contribution is -2.37. The molecule has 0 aromatic heterocycles. The second-order valence-electron chi connectivity index (χ2n) is 3.33. The Hall–Kier alpha value is -0.120. The third kappa shape index (κ3) is 2.77. The van der Waals surface area contributed by atoms with Crippen LogP contribution < -0.4 is 5.48 Å². The maximum atomic E-state index is 8.41. The Morgan fingerprint density at radius 2 is 2.36 bits per heavy atom. The highest BCUT2D eigenvalue weighted by molar-refractivity contribution is 4.73. The molecule has 1 unspecified atom stereocenters. The van der Waals surface area contributed by atoms with Crippen LogP contribution in [0.5, 0.6) is 0 Å². The van der Waals surface area contributed by atoms with Crippen molar-refractivity contribution in [2.75, 3.05) is 20.1 Å². The first-order chi connectivity index (χ1) is 5.34. The van der Waals surface area contributed by atoms with Crippen molar-refractivity contribution in [1.82, 2.24) is 10.4 Å². The summed E-state index contributed by atoms with van der Waals surface area (Å²) in [5.41, 5.74) is 2.21. The fourth-order valence-electron chi connectivity index (χ4n) is 1.74. The Labute approximate surface area is 68.3 Å². The molecular weight excluding hydrogens is 140 g/mol. The van der Waals surface area contributed by atoms with Crippen LogP contribution in [-0.4, -0.2) is 36.3 Å². The molecule has 0 aromatic rings. The zero-order valence-electron chi connectivity index (χ0n) is 7.21. The zero-order valence-corrected chi connectivity index (χ0v) is 7.21. The average molecular weight is 158 g/mol. The van der Waals surface area contributed by atoms with E-state index in [4.69, 9.17) is 5.21 Å². The summed E-state index contributed by atoms with van der Waals surface area (Å²) in [6, 6.07) is 0.684. The number of rotatable bonds is 3. The third-order valence-electron chi connectivity index (χ3n) is 2.51. The van der Waals surface area contributed by atoms with Crippen LogP contribution in [0.15, 0.2) is 0 Å². The molecule has 0 saturated carbocycles. The lowest BCUT2D eigenvalue weighted by atomic mass is 10.0. The van der Waals surface area contributed by atoms with Gasteiger partial charge in [-0.15, -0.1) is 0 Å². The maximum Gasteiger partial charge on any atom is 0.0222 e. The number of nitrogens with zero attached hydrogens (tertiary/aromatic N) is 1. The number of piperidine rings is 1. The molecule has 3 heteroatoms. The van der Waals surface area contributed by atoms with Crippen LogP contribution in [-0.2, 0) is 0 Å². The van der Waals surface area contributed by atoms with Gasteiger partial charge in [-0.2, -0.15) is 0 Å². The Morgan fingerprint density at radius 3 is 3.00 bits per heavy atom. The summed E-state index contributed by atoms with van der Waals surface area (Å²) in [6.45, 7) is 1.94. The molecule has 3 nitrogen and oxygen atoms in total. The van der Waals surface area contributed by atoms with Crippen molar-refractivity contribution in [2.24, 2.45) is 0 Å². The van der Waals surface area contributed by atoms with Crippen molar-refractivity contribution in [2.45, 2.75) is 31.7 Å². The van der Waals surface area contributed by atoms with Crippen LogP contribution in [0.2, 0.25) is 0 Å². The van der Waals surface area contributed by atoms with E-state index < -0.39 is 0 Å². The van der Waals surface area contributed by atoms with Crippen LogP contribution in [0.4, 0.5) is 0 Å². The fraction of sp³-hybridized carbons (Fsp3) is 1.00. The molecule has 0 bridgehead atoms. The van der Waals surface area contributed by atoms with Gasteiger partial charge in [0.2, 0.25) is 0 Å². The van der Waals surface area contributed by atoms with Gasteiger partial charge in [0.05, 0.1) is 0 Å². The molecule has 2 N–H and O–H groups in total. The number of hydrogen-bond donors (Lipinski definition) is 2. The molecule has 66 valence electrons. The topological polar surface area (TPSA) is 35.5 Å². The molecule has 1 heterocycles. The molecule has 11 heavy (non-hydrogen) atoms. The molecule has 0 amide bonds. The van der Waals surface area contributed by atoms with E-state index in [-0.39, 0.29) is 0 Å². The summed E-state index contributed by atoms with van der Waals surface area (Å²) in [5, 5.41) is 8.41. The number of hydroxylamine groups is 1. The zero-order chi connectivity index (χ0) is 8.10. The molecule has 1 atom stereocenters. The predicted molar refractivity (Wildman–Crippen MR) is 44.7 cm³/mol. The molecule has 1 rings (SSSR count). The van der Waals surface area contributed by atoms with E-state index in [0.717, 1.165) is 13.0 Å². The Balaban J connectivity index is 2.18. The third-order valence-corrected chi connectivity index (χ3v) is 2.51. The average Bonchev–Trinajstić information content (AvgIpc) is 2.03. The predicted octanol–water partition coefficient (Wildman–Crippen LogP) is 0.840. The van der Waals surface area contributed by atoms with Crippen molar-refractivity contribution >= 4 is 0 Å². The van der Waals surface area contributed by atoms with Crippen LogP contribution in [0.1, 0.15) is 25.7 Å². The highest BCUT2D eigenvalue weighted by atomic mass is 16.5. The lowest BCUT2D eigenvalue weighted by Gasteiger charge is -2.32. The monoisotopic (exact) mass is 158 g/mol. The summed E-state index contributed by atoms with van der Waals surface area (Å²) in [7, 11) is 2.17. The van der Waals surface area contributed by atoms with Gasteiger partial charge in [0, 0.05) is 12.6 Å². The second kappa shape index (κ2) is 4.70. The van der Waals surface area contributed by atoms with Gasteiger partial charge >= 0.3 is 0 Å². The van der Waals surface area contributed by atoms with Gasteiger partial charge < -0.3 is 10.1 Å². The van der Waals surface area contributed by atoms with Crippen molar-refractivity contribution in [3.63, 3.8) is 0 Å². The first-order valence-electron chi connectivity index (χ1n) is 4.42. The Kier molecular flexibility index (Phi) is 3.83. The van der Waals surface area contributed by atoms with E-state index in [2.05, 4.69) is 17.4 Å². The van der Waals surface area contributed by atoms with Crippen molar-refractivity contribution in [3.8, 4) is 0 Å². The number of likely N-dealkylation sites (tertiary alicyclic amines) is 1. The van der Waals surface area contributed by atoms with E-state index >= 15 is 0 Å². The summed E-state index contributed by atoms with van der Waals surface area (Å²) >= 11 is 0. The fourth-order valence-corrected chi connectivity index (χ4v) is 1.74. The first-order valence-corrected chi connectivity index (χ1v) is 4.42. The van der Waals surface area contributed by atoms with E-state index in [9.17, 15) is 0 Å². The van der Waals surface area contributed by atoms with Gasteiger partial charge in [-0.1, -0.05) is 6.42 Å². The maximum absolute atomic E-state index is 8.41. The molecule has 0 spiro atoms. The smallest absolute Gasteiger partial charge is 0.0222 e. The first kappa shape index (κ1) is 8.97.